The highest BCUT2D eigenvalue weighted by Crippen LogP contribution is 2.20. The van der Waals surface area contributed by atoms with Crippen molar-refractivity contribution >= 4 is 11.3 Å². The Balaban J connectivity index is 1.91. The van der Waals surface area contributed by atoms with Gasteiger partial charge in [0.2, 0.25) is 0 Å². The molecule has 0 aliphatic carbocycles. The van der Waals surface area contributed by atoms with Crippen LogP contribution in [0.4, 0.5) is 0 Å². The molecule has 0 spiro atoms. The Bertz CT molecular complexity index is 324. The summed E-state index contributed by atoms with van der Waals surface area (Å²) >= 11 is 1.81. The van der Waals surface area contributed by atoms with Gasteiger partial charge >= 0.3 is 0 Å². The molecule has 1 fully saturated rings. The summed E-state index contributed by atoms with van der Waals surface area (Å²) in [5, 5.41) is 6.61. The molecule has 2 heterocycles. The van der Waals surface area contributed by atoms with Gasteiger partial charge in [0.25, 0.3) is 0 Å². The predicted octanol–water partition coefficient (Wildman–Crippen LogP) is 1.89. The van der Waals surface area contributed by atoms with E-state index in [1.54, 1.807) is 0 Å². The highest BCUT2D eigenvalue weighted by Gasteiger charge is 2.20. The van der Waals surface area contributed by atoms with E-state index in [0.29, 0.717) is 6.04 Å². The smallest absolute Gasteiger partial charge is 0.0944 e. The Morgan fingerprint density at radius 2 is 2.44 bits per heavy atom. The molecule has 1 saturated heterocycles. The largest absolute Gasteiger partial charge is 0.314 e. The Labute approximate surface area is 102 Å². The molecule has 16 heavy (non-hydrogen) atoms. The number of likely N-dealkylation sites (tertiary alicyclic amines) is 1. The van der Waals surface area contributed by atoms with Gasteiger partial charge < -0.3 is 10.2 Å². The lowest BCUT2D eigenvalue weighted by molar-refractivity contribution is 0.184. The van der Waals surface area contributed by atoms with E-state index >= 15 is 0 Å². The Morgan fingerprint density at radius 3 is 3.19 bits per heavy atom. The predicted molar refractivity (Wildman–Crippen MR) is 68.9 cm³/mol. The first-order valence-electron chi connectivity index (χ1n) is 6.07. The van der Waals surface area contributed by atoms with Crippen LogP contribution in [0.1, 0.15) is 30.0 Å². The van der Waals surface area contributed by atoms with Crippen LogP contribution in [-0.4, -0.2) is 36.6 Å². The summed E-state index contributed by atoms with van der Waals surface area (Å²) in [6, 6.07) is 0.710. The van der Waals surface area contributed by atoms with Crippen LogP contribution in [-0.2, 0) is 13.0 Å². The second-order valence-electron chi connectivity index (χ2n) is 4.60. The number of piperidine rings is 1. The fourth-order valence-corrected chi connectivity index (χ4v) is 3.18. The molecule has 0 radical (unpaired) electrons. The molecule has 1 N–H and O–H groups in total. The minimum atomic E-state index is 0.710. The molecular formula is C12H21N3S. The number of nitrogens with zero attached hydrogens (tertiary/aromatic N) is 2. The first kappa shape index (κ1) is 12.0. The van der Waals surface area contributed by atoms with Gasteiger partial charge in [0.1, 0.15) is 0 Å². The zero-order valence-corrected chi connectivity index (χ0v) is 11.0. The molecule has 1 atom stereocenters. The summed E-state index contributed by atoms with van der Waals surface area (Å²) in [6.07, 6.45) is 5.20. The Morgan fingerprint density at radius 1 is 1.56 bits per heavy atom. The molecule has 1 aromatic heterocycles. The maximum atomic E-state index is 4.66. The number of rotatable bonds is 4. The van der Waals surface area contributed by atoms with Crippen molar-refractivity contribution in [3.63, 3.8) is 0 Å². The molecule has 1 aliphatic heterocycles. The number of hydrogen-bond acceptors (Lipinski definition) is 4. The third kappa shape index (κ3) is 3.03. The number of nitrogens with one attached hydrogen (secondary N) is 1. The SMILES string of the molecule is CNCc1csc(CC2CCCCN2C)n1. The van der Waals surface area contributed by atoms with Crippen molar-refractivity contribution in [1.29, 1.82) is 0 Å². The topological polar surface area (TPSA) is 28.2 Å². The molecule has 0 aromatic carbocycles. The van der Waals surface area contributed by atoms with Gasteiger partial charge in [-0.25, -0.2) is 4.98 Å². The van der Waals surface area contributed by atoms with Gasteiger partial charge in [0.05, 0.1) is 10.7 Å². The number of hydrogen-bond donors (Lipinski definition) is 1. The van der Waals surface area contributed by atoms with Crippen LogP contribution < -0.4 is 5.32 Å². The summed E-state index contributed by atoms with van der Waals surface area (Å²) in [7, 11) is 4.21. The van der Waals surface area contributed by atoms with Crippen LogP contribution in [0.25, 0.3) is 0 Å². The minimum absolute atomic E-state index is 0.710. The summed E-state index contributed by atoms with van der Waals surface area (Å²) in [5.74, 6) is 0. The maximum Gasteiger partial charge on any atom is 0.0944 e. The van der Waals surface area contributed by atoms with Crippen molar-refractivity contribution in [1.82, 2.24) is 15.2 Å². The van der Waals surface area contributed by atoms with Crippen LogP contribution in [0, 0.1) is 0 Å². The van der Waals surface area contributed by atoms with E-state index in [4.69, 9.17) is 0 Å². The molecule has 1 aromatic rings. The highest BCUT2D eigenvalue weighted by molar-refractivity contribution is 7.09. The van der Waals surface area contributed by atoms with E-state index in [1.807, 2.05) is 18.4 Å². The van der Waals surface area contributed by atoms with Gasteiger partial charge in [0, 0.05) is 24.4 Å². The van der Waals surface area contributed by atoms with Gasteiger partial charge in [-0.15, -0.1) is 11.3 Å². The molecule has 4 heteroatoms. The summed E-state index contributed by atoms with van der Waals surface area (Å²) in [6.45, 7) is 2.14. The van der Waals surface area contributed by atoms with Gasteiger partial charge in [-0.05, 0) is 33.5 Å². The first-order valence-corrected chi connectivity index (χ1v) is 6.95. The second-order valence-corrected chi connectivity index (χ2v) is 5.54. The number of aromatic nitrogens is 1. The Kier molecular flexibility index (Phi) is 4.32. The minimum Gasteiger partial charge on any atom is -0.314 e. The zero-order chi connectivity index (χ0) is 11.4. The first-order chi connectivity index (χ1) is 7.79. The van der Waals surface area contributed by atoms with Crippen molar-refractivity contribution < 1.29 is 0 Å². The molecular weight excluding hydrogens is 218 g/mol. The lowest BCUT2D eigenvalue weighted by atomic mass is 10.0. The lowest BCUT2D eigenvalue weighted by Crippen LogP contribution is -2.37. The monoisotopic (exact) mass is 239 g/mol. The van der Waals surface area contributed by atoms with Crippen molar-refractivity contribution in [2.24, 2.45) is 0 Å². The standard InChI is InChI=1S/C12H21N3S/c1-13-8-10-9-16-12(14-10)7-11-5-3-4-6-15(11)2/h9,11,13H,3-8H2,1-2H3. The molecule has 0 bridgehead atoms. The van der Waals surface area contributed by atoms with Crippen molar-refractivity contribution in [3.05, 3.63) is 16.1 Å². The van der Waals surface area contributed by atoms with E-state index in [9.17, 15) is 0 Å². The third-order valence-electron chi connectivity index (χ3n) is 3.29. The summed E-state index contributed by atoms with van der Waals surface area (Å²) in [5.41, 5.74) is 1.18. The zero-order valence-electron chi connectivity index (χ0n) is 10.2. The van der Waals surface area contributed by atoms with E-state index < -0.39 is 0 Å². The molecule has 3 nitrogen and oxygen atoms in total. The summed E-state index contributed by atoms with van der Waals surface area (Å²) < 4.78 is 0. The summed E-state index contributed by atoms with van der Waals surface area (Å²) in [4.78, 5) is 7.15. The fraction of sp³-hybridized carbons (Fsp3) is 0.750. The fourth-order valence-electron chi connectivity index (χ4n) is 2.31. The van der Waals surface area contributed by atoms with Crippen LogP contribution >= 0.6 is 11.3 Å². The van der Waals surface area contributed by atoms with E-state index in [-0.39, 0.29) is 0 Å². The highest BCUT2D eigenvalue weighted by atomic mass is 32.1. The van der Waals surface area contributed by atoms with Gasteiger partial charge in [-0.1, -0.05) is 6.42 Å². The lowest BCUT2D eigenvalue weighted by Gasteiger charge is -2.31. The van der Waals surface area contributed by atoms with E-state index in [2.05, 4.69) is 27.6 Å². The molecule has 0 amide bonds. The molecule has 0 saturated carbocycles. The average molecular weight is 239 g/mol. The average Bonchev–Trinajstić information content (AvgIpc) is 2.70. The van der Waals surface area contributed by atoms with E-state index in [1.165, 1.54) is 36.5 Å². The second kappa shape index (κ2) is 5.75. The molecule has 90 valence electrons. The van der Waals surface area contributed by atoms with Crippen LogP contribution in [0.3, 0.4) is 0 Å². The maximum absolute atomic E-state index is 4.66. The Hall–Kier alpha value is -0.450. The van der Waals surface area contributed by atoms with Crippen LogP contribution in [0.2, 0.25) is 0 Å². The van der Waals surface area contributed by atoms with Crippen molar-refractivity contribution in [3.8, 4) is 0 Å². The van der Waals surface area contributed by atoms with Crippen molar-refractivity contribution in [2.45, 2.75) is 38.3 Å². The molecule has 2 rings (SSSR count). The third-order valence-corrected chi connectivity index (χ3v) is 4.21. The van der Waals surface area contributed by atoms with Crippen LogP contribution in [0.15, 0.2) is 5.38 Å². The van der Waals surface area contributed by atoms with E-state index in [0.717, 1.165) is 13.0 Å². The van der Waals surface area contributed by atoms with Gasteiger partial charge in [0.15, 0.2) is 0 Å². The quantitative estimate of drug-likeness (QED) is 0.869. The van der Waals surface area contributed by atoms with Crippen LogP contribution in [0.5, 0.6) is 0 Å². The molecule has 1 aliphatic rings. The van der Waals surface area contributed by atoms with Gasteiger partial charge in [-0.2, -0.15) is 0 Å². The number of thiazole rings is 1. The normalized spacial score (nSPS) is 22.5. The number of likely N-dealkylation sites (N-methyl/N-ethyl adjacent to an activating group) is 1. The van der Waals surface area contributed by atoms with Gasteiger partial charge in [-0.3, -0.25) is 0 Å². The van der Waals surface area contributed by atoms with Crippen molar-refractivity contribution in [2.75, 3.05) is 20.6 Å². The molecule has 1 unspecified atom stereocenters.